The molecule has 1 rings (SSSR count). The third kappa shape index (κ3) is 4.45. The van der Waals surface area contributed by atoms with E-state index in [0.29, 0.717) is 0 Å². The van der Waals surface area contributed by atoms with Gasteiger partial charge in [0.2, 0.25) is 5.91 Å². The van der Waals surface area contributed by atoms with E-state index < -0.39 is 0 Å². The van der Waals surface area contributed by atoms with Gasteiger partial charge < -0.3 is 5.32 Å². The van der Waals surface area contributed by atoms with E-state index in [-0.39, 0.29) is 5.91 Å². The fourth-order valence-electron chi connectivity index (χ4n) is 1.03. The molecule has 0 fully saturated rings. The normalized spacial score (nSPS) is 8.53. The number of carbonyl (C=O) groups is 1. The summed E-state index contributed by atoms with van der Waals surface area (Å²) in [5.74, 6) is -0.214. The molecular weight excluding hydrogens is 186 g/mol. The predicted octanol–water partition coefficient (Wildman–Crippen LogP) is 3.33. The lowest BCUT2D eigenvalue weighted by Crippen LogP contribution is -2.08. The van der Waals surface area contributed by atoms with Crippen molar-refractivity contribution in [1.29, 1.82) is 0 Å². The number of anilines is 1. The summed E-state index contributed by atoms with van der Waals surface area (Å²) in [5.41, 5.74) is 2.67. The van der Waals surface area contributed by atoms with Crippen LogP contribution in [0.4, 0.5) is 5.69 Å². The molecule has 1 amide bonds. The van der Waals surface area contributed by atoms with Gasteiger partial charge in [-0.3, -0.25) is 4.79 Å². The summed E-state index contributed by atoms with van der Waals surface area (Å²) < 4.78 is 0. The molecule has 1 aromatic carbocycles. The van der Waals surface area contributed by atoms with Gasteiger partial charge in [0.1, 0.15) is 0 Å². The molecule has 1 radical (unpaired) electrons. The minimum absolute atomic E-state index is 0.214. The highest BCUT2D eigenvalue weighted by atomic mass is 16.1. The number of aryl methyl sites for hydroxylation is 1. The van der Waals surface area contributed by atoms with Crippen LogP contribution in [0, 0.1) is 13.8 Å². The van der Waals surface area contributed by atoms with Crippen molar-refractivity contribution in [1.82, 2.24) is 0 Å². The summed E-state index contributed by atoms with van der Waals surface area (Å²) >= 11 is 0. The van der Waals surface area contributed by atoms with E-state index >= 15 is 0 Å². The van der Waals surface area contributed by atoms with Crippen molar-refractivity contribution >= 4 is 11.6 Å². The molecule has 0 unspecified atom stereocenters. The van der Waals surface area contributed by atoms with Gasteiger partial charge in [0, 0.05) is 5.69 Å². The lowest BCUT2D eigenvalue weighted by Gasteiger charge is -2.06. The molecule has 0 spiro atoms. The summed E-state index contributed by atoms with van der Waals surface area (Å²) in [7, 11) is 0. The van der Waals surface area contributed by atoms with Crippen LogP contribution in [-0.2, 0) is 4.79 Å². The first kappa shape index (κ1) is 13.4. The van der Waals surface area contributed by atoms with E-state index in [1.54, 1.807) is 0 Å². The molecule has 1 aromatic rings. The van der Waals surface area contributed by atoms with Crippen molar-refractivity contribution in [2.45, 2.75) is 20.8 Å². The predicted molar refractivity (Wildman–Crippen MR) is 65.8 cm³/mol. The fraction of sp³-hybridized carbons (Fsp3) is 0.231. The van der Waals surface area contributed by atoms with Crippen molar-refractivity contribution in [2.24, 2.45) is 0 Å². The molecule has 0 saturated heterocycles. The van der Waals surface area contributed by atoms with Gasteiger partial charge in [0.25, 0.3) is 0 Å². The van der Waals surface area contributed by atoms with Crippen molar-refractivity contribution in [2.75, 3.05) is 5.32 Å². The van der Waals surface area contributed by atoms with Gasteiger partial charge in [-0.2, -0.15) is 0 Å². The molecule has 0 aliphatic rings. The molecule has 0 atom stereocenters. The van der Waals surface area contributed by atoms with Gasteiger partial charge in [-0.25, -0.2) is 0 Å². The molecule has 0 bridgehead atoms. The van der Waals surface area contributed by atoms with E-state index in [1.807, 2.05) is 39.0 Å². The molecule has 0 aromatic heterocycles. The maximum absolute atomic E-state index is 11.0. The Balaban J connectivity index is 0.000000921. The Labute approximate surface area is 92.0 Å². The maximum atomic E-state index is 11.0. The second kappa shape index (κ2) is 6.82. The van der Waals surface area contributed by atoms with Crippen molar-refractivity contribution in [3.8, 4) is 0 Å². The lowest BCUT2D eigenvalue weighted by atomic mass is 10.1. The zero-order valence-corrected chi connectivity index (χ0v) is 9.63. The van der Waals surface area contributed by atoms with Gasteiger partial charge in [-0.15, -0.1) is 0 Å². The number of carbonyl (C=O) groups excluding carboxylic acids is 1. The first-order valence-corrected chi connectivity index (χ1v) is 4.99. The van der Waals surface area contributed by atoms with Crippen molar-refractivity contribution in [3.05, 3.63) is 48.9 Å². The Bertz CT molecular complexity index is 342. The number of amides is 1. The van der Waals surface area contributed by atoms with E-state index in [2.05, 4.69) is 18.8 Å². The monoisotopic (exact) mass is 204 g/mol. The Morgan fingerprint density at radius 2 is 2.00 bits per heavy atom. The number of rotatable bonds is 2. The average molecular weight is 204 g/mol. The van der Waals surface area contributed by atoms with Crippen LogP contribution < -0.4 is 5.32 Å². The summed E-state index contributed by atoms with van der Waals surface area (Å²) in [6.45, 7) is 13.2. The number of nitrogens with one attached hydrogen (secondary N) is 1. The van der Waals surface area contributed by atoms with Crippen LogP contribution in [0.1, 0.15) is 25.0 Å². The molecule has 0 saturated carbocycles. The van der Waals surface area contributed by atoms with Crippen LogP contribution in [0.5, 0.6) is 0 Å². The zero-order chi connectivity index (χ0) is 11.8. The molecule has 0 aliphatic heterocycles. The van der Waals surface area contributed by atoms with Gasteiger partial charge in [-0.1, -0.05) is 38.1 Å². The quantitative estimate of drug-likeness (QED) is 0.735. The zero-order valence-electron chi connectivity index (χ0n) is 9.63. The van der Waals surface area contributed by atoms with E-state index in [0.717, 1.165) is 16.8 Å². The van der Waals surface area contributed by atoms with Crippen LogP contribution in [0.3, 0.4) is 0 Å². The molecule has 81 valence electrons. The highest BCUT2D eigenvalue weighted by Crippen LogP contribution is 2.15. The van der Waals surface area contributed by atoms with Crippen molar-refractivity contribution < 1.29 is 4.79 Å². The first-order valence-electron chi connectivity index (χ1n) is 4.99. The minimum atomic E-state index is -0.214. The average Bonchev–Trinajstić information content (AvgIpc) is 2.25. The van der Waals surface area contributed by atoms with Crippen LogP contribution >= 0.6 is 0 Å². The lowest BCUT2D eigenvalue weighted by molar-refractivity contribution is -0.111. The van der Waals surface area contributed by atoms with Gasteiger partial charge >= 0.3 is 0 Å². The van der Waals surface area contributed by atoms with E-state index in [4.69, 9.17) is 0 Å². The van der Waals surface area contributed by atoms with E-state index in [1.165, 1.54) is 6.08 Å². The Morgan fingerprint density at radius 1 is 1.40 bits per heavy atom. The summed E-state index contributed by atoms with van der Waals surface area (Å²) in [5, 5.41) is 2.67. The topological polar surface area (TPSA) is 29.1 Å². The van der Waals surface area contributed by atoms with Crippen LogP contribution in [0.25, 0.3) is 0 Å². The summed E-state index contributed by atoms with van der Waals surface area (Å²) in [6.07, 6.45) is 1.24. The largest absolute Gasteiger partial charge is 0.322 e. The molecular formula is C13H18NO. The fourth-order valence-corrected chi connectivity index (χ4v) is 1.03. The Morgan fingerprint density at radius 3 is 2.47 bits per heavy atom. The number of hydrogen-bond acceptors (Lipinski definition) is 1. The summed E-state index contributed by atoms with van der Waals surface area (Å²) in [6, 6.07) is 5.67. The Hall–Kier alpha value is -1.57. The number of benzene rings is 1. The maximum Gasteiger partial charge on any atom is 0.247 e. The van der Waals surface area contributed by atoms with Gasteiger partial charge in [-0.05, 0) is 31.6 Å². The number of hydrogen-bond donors (Lipinski definition) is 1. The second-order valence-corrected chi connectivity index (χ2v) is 2.85. The second-order valence-electron chi connectivity index (χ2n) is 2.85. The first-order chi connectivity index (χ1) is 7.13. The highest BCUT2D eigenvalue weighted by molar-refractivity contribution is 5.99. The smallest absolute Gasteiger partial charge is 0.247 e. The molecule has 1 N–H and O–H groups in total. The van der Waals surface area contributed by atoms with Gasteiger partial charge in [0.05, 0.1) is 0 Å². The van der Waals surface area contributed by atoms with Crippen LogP contribution in [0.2, 0.25) is 0 Å². The molecule has 15 heavy (non-hydrogen) atoms. The standard InChI is InChI=1S/C11H12NO.C2H6/c1-4-11(13)12-10-6-5-8(2)7-9(10)3;1-2/h4-7H,1,3H2,2H3,(H,12,13);1-2H3. The molecule has 0 heterocycles. The molecule has 2 heteroatoms. The summed E-state index contributed by atoms with van der Waals surface area (Å²) in [4.78, 5) is 11.0. The highest BCUT2D eigenvalue weighted by Gasteiger charge is 2.00. The Kier molecular flexibility index (Phi) is 6.11. The molecule has 2 nitrogen and oxygen atoms in total. The third-order valence-corrected chi connectivity index (χ3v) is 1.70. The van der Waals surface area contributed by atoms with Gasteiger partial charge in [0.15, 0.2) is 0 Å². The SMILES string of the molecule is CC.[CH2]c1cc(C)ccc1NC(=O)C=C. The van der Waals surface area contributed by atoms with Crippen molar-refractivity contribution in [3.63, 3.8) is 0 Å². The van der Waals surface area contributed by atoms with Crippen LogP contribution in [-0.4, -0.2) is 5.91 Å². The molecule has 0 aliphatic carbocycles. The minimum Gasteiger partial charge on any atom is -0.322 e. The van der Waals surface area contributed by atoms with E-state index in [9.17, 15) is 4.79 Å². The van der Waals surface area contributed by atoms with Crippen LogP contribution in [0.15, 0.2) is 30.9 Å². The third-order valence-electron chi connectivity index (χ3n) is 1.70.